The Hall–Kier alpha value is 0.740. The van der Waals surface area contributed by atoms with Gasteiger partial charge in [0.05, 0.1) is 11.5 Å². The quantitative estimate of drug-likeness (QED) is 0.668. The van der Waals surface area contributed by atoms with Crippen LogP contribution in [-0.4, -0.2) is 44.7 Å². The highest BCUT2D eigenvalue weighted by Crippen LogP contribution is 2.17. The first-order valence-electron chi connectivity index (χ1n) is 4.26. The van der Waals surface area contributed by atoms with E-state index in [9.17, 15) is 9.59 Å². The van der Waals surface area contributed by atoms with Crippen LogP contribution in [0.25, 0.3) is 0 Å². The van der Waals surface area contributed by atoms with Crippen LogP contribution in [0.1, 0.15) is 0 Å². The zero-order chi connectivity index (χ0) is 10.2. The fraction of sp³-hybridized carbons (Fsp3) is 0.750. The molecule has 6 heteroatoms. The highest BCUT2D eigenvalue weighted by atomic mass is 32.2. The van der Waals surface area contributed by atoms with E-state index in [1.165, 1.54) is 35.3 Å². The molecule has 14 heavy (non-hydrogen) atoms. The Morgan fingerprint density at radius 2 is 1.21 bits per heavy atom. The van der Waals surface area contributed by atoms with E-state index < -0.39 is 0 Å². The summed E-state index contributed by atoms with van der Waals surface area (Å²) in [7, 11) is 0. The van der Waals surface area contributed by atoms with E-state index in [-0.39, 0.29) is 10.2 Å². The summed E-state index contributed by atoms with van der Waals surface area (Å²) in [6, 6.07) is 0. The number of carbonyl (C=O) groups excluding carboxylic acids is 2. The molecule has 80 valence electrons. The minimum Gasteiger partial charge on any atom is -0.286 e. The summed E-state index contributed by atoms with van der Waals surface area (Å²) in [4.78, 5) is 22.4. The normalized spacial score (nSPS) is 22.6. The summed E-state index contributed by atoms with van der Waals surface area (Å²) in [5.41, 5.74) is 0. The molecule has 0 aromatic carbocycles. The van der Waals surface area contributed by atoms with Gasteiger partial charge in [-0.05, 0) is 0 Å². The molecule has 0 aromatic heterocycles. The van der Waals surface area contributed by atoms with Gasteiger partial charge in [0.25, 0.3) is 0 Å². The Bertz CT molecular complexity index is 188. The third-order valence-corrected chi connectivity index (χ3v) is 5.97. The molecule has 1 fully saturated rings. The van der Waals surface area contributed by atoms with Gasteiger partial charge in [0.15, 0.2) is 10.2 Å². The van der Waals surface area contributed by atoms with Gasteiger partial charge in [-0.3, -0.25) is 9.59 Å². The largest absolute Gasteiger partial charge is 0.286 e. The zero-order valence-corrected chi connectivity index (χ0v) is 11.0. The predicted octanol–water partition coefficient (Wildman–Crippen LogP) is 1.99. The molecule has 1 heterocycles. The van der Waals surface area contributed by atoms with Gasteiger partial charge in [-0.15, -0.1) is 11.8 Å². The van der Waals surface area contributed by atoms with E-state index in [2.05, 4.69) is 0 Å². The van der Waals surface area contributed by atoms with Crippen LogP contribution >= 0.6 is 47.0 Å². The summed E-state index contributed by atoms with van der Waals surface area (Å²) < 4.78 is 0. The summed E-state index contributed by atoms with van der Waals surface area (Å²) in [6.45, 7) is 0. The van der Waals surface area contributed by atoms with Crippen molar-refractivity contribution in [3.05, 3.63) is 0 Å². The molecule has 0 radical (unpaired) electrons. The van der Waals surface area contributed by atoms with Crippen LogP contribution in [0, 0.1) is 0 Å². The lowest BCUT2D eigenvalue weighted by Crippen LogP contribution is -2.05. The van der Waals surface area contributed by atoms with Crippen molar-refractivity contribution in [3.8, 4) is 0 Å². The number of rotatable bonds is 0. The summed E-state index contributed by atoms with van der Waals surface area (Å²) in [6.07, 6.45) is 0. The number of thioether (sulfide) groups is 4. The second-order valence-corrected chi connectivity index (χ2v) is 7.06. The molecule has 0 N–H and O–H groups in total. The third kappa shape index (κ3) is 6.27. The monoisotopic (exact) mass is 268 g/mol. The first-order chi connectivity index (χ1) is 6.79. The van der Waals surface area contributed by atoms with Gasteiger partial charge < -0.3 is 0 Å². The molecule has 0 aromatic rings. The van der Waals surface area contributed by atoms with Gasteiger partial charge in [-0.1, -0.05) is 23.5 Å². The molecular formula is C8H12O2S4. The van der Waals surface area contributed by atoms with Crippen LogP contribution in [0.5, 0.6) is 0 Å². The Morgan fingerprint density at radius 1 is 0.714 bits per heavy atom. The Kier molecular flexibility index (Phi) is 7.28. The molecule has 1 saturated heterocycles. The molecule has 1 aliphatic rings. The van der Waals surface area contributed by atoms with Crippen LogP contribution < -0.4 is 0 Å². The first kappa shape index (κ1) is 12.8. The van der Waals surface area contributed by atoms with Crippen LogP contribution in [-0.2, 0) is 9.59 Å². The lowest BCUT2D eigenvalue weighted by Gasteiger charge is -2.04. The molecule has 0 amide bonds. The third-order valence-electron chi connectivity index (χ3n) is 1.42. The average Bonchev–Trinajstić information content (AvgIpc) is 2.14. The van der Waals surface area contributed by atoms with Crippen molar-refractivity contribution in [1.29, 1.82) is 0 Å². The topological polar surface area (TPSA) is 34.1 Å². The minimum atomic E-state index is 0.203. The molecule has 0 aliphatic carbocycles. The predicted molar refractivity (Wildman–Crippen MR) is 69.6 cm³/mol. The SMILES string of the molecule is O=C1CSCC(=O)SCCSCCS1. The van der Waals surface area contributed by atoms with Gasteiger partial charge in [-0.25, -0.2) is 0 Å². The molecular weight excluding hydrogens is 256 g/mol. The smallest absolute Gasteiger partial charge is 0.198 e. The first-order valence-corrected chi connectivity index (χ1v) is 8.54. The summed E-state index contributed by atoms with van der Waals surface area (Å²) in [5.74, 6) is 4.78. The summed E-state index contributed by atoms with van der Waals surface area (Å²) in [5, 5.41) is 0.406. The van der Waals surface area contributed by atoms with E-state index in [1.54, 1.807) is 0 Å². The van der Waals surface area contributed by atoms with Crippen LogP contribution in [0.4, 0.5) is 0 Å². The fourth-order valence-corrected chi connectivity index (χ4v) is 4.70. The second-order valence-electron chi connectivity index (χ2n) is 2.55. The van der Waals surface area contributed by atoms with Gasteiger partial charge in [0, 0.05) is 23.0 Å². The highest BCUT2D eigenvalue weighted by molar-refractivity contribution is 8.18. The molecule has 0 bridgehead atoms. The van der Waals surface area contributed by atoms with Crippen molar-refractivity contribution in [2.75, 3.05) is 34.5 Å². The Morgan fingerprint density at radius 3 is 1.71 bits per heavy atom. The molecule has 1 aliphatic heterocycles. The Balaban J connectivity index is 2.28. The molecule has 0 unspecified atom stereocenters. The van der Waals surface area contributed by atoms with Gasteiger partial charge in [0.1, 0.15) is 0 Å². The summed E-state index contributed by atoms with van der Waals surface area (Å²) >= 11 is 6.04. The highest BCUT2D eigenvalue weighted by Gasteiger charge is 2.08. The number of carbonyl (C=O) groups is 2. The van der Waals surface area contributed by atoms with Crippen LogP contribution in [0.2, 0.25) is 0 Å². The Labute approximate surface area is 101 Å². The van der Waals surface area contributed by atoms with E-state index in [1.807, 2.05) is 11.8 Å². The standard InChI is InChI=1S/C8H12O2S4/c9-7-5-12-6-8(10)14-4-2-11-1-3-13-7/h1-6H2. The van der Waals surface area contributed by atoms with Crippen LogP contribution in [0.3, 0.4) is 0 Å². The molecule has 0 spiro atoms. The minimum absolute atomic E-state index is 0.203. The van der Waals surface area contributed by atoms with Crippen molar-refractivity contribution in [2.24, 2.45) is 0 Å². The number of hydrogen-bond acceptors (Lipinski definition) is 6. The van der Waals surface area contributed by atoms with Crippen LogP contribution in [0.15, 0.2) is 0 Å². The van der Waals surface area contributed by atoms with Gasteiger partial charge in [-0.2, -0.15) is 11.8 Å². The van der Waals surface area contributed by atoms with E-state index in [0.717, 1.165) is 23.0 Å². The maximum Gasteiger partial charge on any atom is 0.198 e. The average molecular weight is 268 g/mol. The van der Waals surface area contributed by atoms with Crippen molar-refractivity contribution < 1.29 is 9.59 Å². The maximum atomic E-state index is 11.2. The van der Waals surface area contributed by atoms with Gasteiger partial charge >= 0.3 is 0 Å². The molecule has 2 nitrogen and oxygen atoms in total. The maximum absolute atomic E-state index is 11.2. The van der Waals surface area contributed by atoms with E-state index in [0.29, 0.717) is 11.5 Å². The van der Waals surface area contributed by atoms with Crippen molar-refractivity contribution >= 4 is 57.3 Å². The molecule has 0 saturated carbocycles. The van der Waals surface area contributed by atoms with E-state index in [4.69, 9.17) is 0 Å². The molecule has 1 rings (SSSR count). The van der Waals surface area contributed by atoms with Crippen molar-refractivity contribution in [1.82, 2.24) is 0 Å². The lowest BCUT2D eigenvalue weighted by molar-refractivity contribution is -0.109. The van der Waals surface area contributed by atoms with Crippen molar-refractivity contribution in [2.45, 2.75) is 0 Å². The fourth-order valence-electron chi connectivity index (χ4n) is 0.832. The van der Waals surface area contributed by atoms with Crippen molar-refractivity contribution in [3.63, 3.8) is 0 Å². The number of hydrogen-bond donors (Lipinski definition) is 0. The molecule has 0 atom stereocenters. The lowest BCUT2D eigenvalue weighted by atomic mass is 10.9. The zero-order valence-electron chi connectivity index (χ0n) is 7.69. The second kappa shape index (κ2) is 7.96. The van der Waals surface area contributed by atoms with Gasteiger partial charge in [0.2, 0.25) is 0 Å². The van der Waals surface area contributed by atoms with E-state index >= 15 is 0 Å².